The van der Waals surface area contributed by atoms with Crippen LogP contribution in [-0.4, -0.2) is 27.3 Å². The van der Waals surface area contributed by atoms with Gasteiger partial charge in [-0.2, -0.15) is 0 Å². The van der Waals surface area contributed by atoms with Crippen molar-refractivity contribution in [1.82, 2.24) is 14.9 Å². The molecule has 0 radical (unpaired) electrons. The van der Waals surface area contributed by atoms with Crippen LogP contribution in [0.1, 0.15) is 36.0 Å². The zero-order chi connectivity index (χ0) is 13.5. The van der Waals surface area contributed by atoms with E-state index < -0.39 is 0 Å². The van der Waals surface area contributed by atoms with E-state index in [1.54, 1.807) is 17.4 Å². The minimum atomic E-state index is -0.113. The van der Waals surface area contributed by atoms with E-state index >= 15 is 0 Å². The molecule has 2 rings (SSSR count). The fourth-order valence-electron chi connectivity index (χ4n) is 1.76. The van der Waals surface area contributed by atoms with Gasteiger partial charge >= 0.3 is 0 Å². The van der Waals surface area contributed by atoms with Crippen molar-refractivity contribution >= 4 is 5.91 Å². The number of carbonyl (C=O) groups is 1. The Kier molecular flexibility index (Phi) is 4.66. The number of hydrogen-bond acceptors (Lipinski definition) is 4. The molecule has 2 aromatic rings. The smallest absolute Gasteiger partial charge is 0.274 e. The molecule has 0 fully saturated rings. The fourth-order valence-corrected chi connectivity index (χ4v) is 1.76. The highest BCUT2D eigenvalue weighted by molar-refractivity contribution is 5.91. The maximum absolute atomic E-state index is 12.4. The van der Waals surface area contributed by atoms with Crippen molar-refractivity contribution in [2.45, 2.75) is 26.3 Å². The van der Waals surface area contributed by atoms with E-state index in [0.717, 1.165) is 18.6 Å². The molecule has 0 spiro atoms. The van der Waals surface area contributed by atoms with Crippen molar-refractivity contribution < 1.29 is 9.21 Å². The first-order valence-electron chi connectivity index (χ1n) is 6.39. The van der Waals surface area contributed by atoms with Crippen molar-refractivity contribution in [3.05, 3.63) is 48.4 Å². The van der Waals surface area contributed by atoms with Crippen LogP contribution in [0.5, 0.6) is 0 Å². The third kappa shape index (κ3) is 3.64. The van der Waals surface area contributed by atoms with E-state index in [-0.39, 0.29) is 5.91 Å². The number of unbranched alkanes of at least 4 members (excludes halogenated alkanes) is 1. The van der Waals surface area contributed by atoms with Crippen LogP contribution in [0.2, 0.25) is 0 Å². The second-order valence-electron chi connectivity index (χ2n) is 4.25. The van der Waals surface area contributed by atoms with Crippen LogP contribution in [-0.2, 0) is 6.54 Å². The molecule has 0 aliphatic heterocycles. The Morgan fingerprint density at radius 1 is 1.42 bits per heavy atom. The predicted octanol–water partition coefficient (Wildman–Crippen LogP) is 2.51. The van der Waals surface area contributed by atoms with E-state index in [1.165, 1.54) is 12.4 Å². The van der Waals surface area contributed by atoms with E-state index in [1.807, 2.05) is 12.1 Å². The van der Waals surface area contributed by atoms with Gasteiger partial charge in [-0.05, 0) is 18.6 Å². The summed E-state index contributed by atoms with van der Waals surface area (Å²) in [5.74, 6) is 0.659. The molecule has 0 N–H and O–H groups in total. The van der Waals surface area contributed by atoms with Crippen LogP contribution in [0.4, 0.5) is 0 Å². The third-order valence-corrected chi connectivity index (χ3v) is 2.78. The van der Waals surface area contributed by atoms with Gasteiger partial charge < -0.3 is 9.32 Å². The topological polar surface area (TPSA) is 59.2 Å². The van der Waals surface area contributed by atoms with Gasteiger partial charge in [0.2, 0.25) is 0 Å². The molecule has 0 saturated heterocycles. The van der Waals surface area contributed by atoms with Gasteiger partial charge in [0, 0.05) is 18.9 Å². The SMILES string of the molecule is CCCCN(Cc1ccco1)C(=O)c1cnccn1. The van der Waals surface area contributed by atoms with Gasteiger partial charge in [0.1, 0.15) is 11.5 Å². The van der Waals surface area contributed by atoms with E-state index in [0.29, 0.717) is 18.8 Å². The number of rotatable bonds is 6. The van der Waals surface area contributed by atoms with Crippen molar-refractivity contribution in [1.29, 1.82) is 0 Å². The highest BCUT2D eigenvalue weighted by Gasteiger charge is 2.17. The zero-order valence-corrected chi connectivity index (χ0v) is 11.0. The molecule has 0 aliphatic carbocycles. The third-order valence-electron chi connectivity index (χ3n) is 2.78. The lowest BCUT2D eigenvalue weighted by molar-refractivity contribution is 0.0722. The van der Waals surface area contributed by atoms with E-state index in [2.05, 4.69) is 16.9 Å². The van der Waals surface area contributed by atoms with E-state index in [4.69, 9.17) is 4.42 Å². The number of amides is 1. The Balaban J connectivity index is 2.10. The lowest BCUT2D eigenvalue weighted by Gasteiger charge is -2.20. The van der Waals surface area contributed by atoms with Crippen LogP contribution in [0.25, 0.3) is 0 Å². The van der Waals surface area contributed by atoms with Crippen molar-refractivity contribution in [2.24, 2.45) is 0 Å². The van der Waals surface area contributed by atoms with Crippen molar-refractivity contribution in [3.63, 3.8) is 0 Å². The van der Waals surface area contributed by atoms with Gasteiger partial charge in [-0.1, -0.05) is 13.3 Å². The minimum absolute atomic E-state index is 0.113. The van der Waals surface area contributed by atoms with Crippen LogP contribution in [0.15, 0.2) is 41.4 Å². The lowest BCUT2D eigenvalue weighted by Crippen LogP contribution is -2.32. The fraction of sp³-hybridized carbons (Fsp3) is 0.357. The number of aromatic nitrogens is 2. The average Bonchev–Trinajstić information content (AvgIpc) is 2.96. The molecule has 0 aromatic carbocycles. The summed E-state index contributed by atoms with van der Waals surface area (Å²) in [6.45, 7) is 3.24. The molecular weight excluding hydrogens is 242 g/mol. The van der Waals surface area contributed by atoms with Crippen molar-refractivity contribution in [2.75, 3.05) is 6.54 Å². The molecule has 2 aromatic heterocycles. The second kappa shape index (κ2) is 6.68. The minimum Gasteiger partial charge on any atom is -0.467 e. The largest absolute Gasteiger partial charge is 0.467 e. The van der Waals surface area contributed by atoms with Gasteiger partial charge in [-0.3, -0.25) is 9.78 Å². The zero-order valence-electron chi connectivity index (χ0n) is 11.0. The van der Waals surface area contributed by atoms with Gasteiger partial charge in [-0.25, -0.2) is 4.98 Å². The summed E-state index contributed by atoms with van der Waals surface area (Å²) < 4.78 is 5.30. The Labute approximate surface area is 112 Å². The highest BCUT2D eigenvalue weighted by atomic mass is 16.3. The Bertz CT molecular complexity index is 497. The molecule has 0 saturated carbocycles. The first-order chi connectivity index (χ1) is 9.31. The second-order valence-corrected chi connectivity index (χ2v) is 4.25. The summed E-state index contributed by atoms with van der Waals surface area (Å²) in [4.78, 5) is 22.1. The van der Waals surface area contributed by atoms with Crippen LogP contribution >= 0.6 is 0 Å². The molecule has 0 aliphatic rings. The van der Waals surface area contributed by atoms with Gasteiger partial charge in [0.05, 0.1) is 19.0 Å². The van der Waals surface area contributed by atoms with Crippen LogP contribution < -0.4 is 0 Å². The molecule has 0 atom stereocenters. The predicted molar refractivity (Wildman–Crippen MR) is 70.4 cm³/mol. The maximum atomic E-state index is 12.4. The summed E-state index contributed by atoms with van der Waals surface area (Å²) in [6, 6.07) is 3.68. The normalized spacial score (nSPS) is 10.4. The monoisotopic (exact) mass is 259 g/mol. The average molecular weight is 259 g/mol. The Morgan fingerprint density at radius 3 is 2.95 bits per heavy atom. The number of nitrogens with zero attached hydrogens (tertiary/aromatic N) is 3. The van der Waals surface area contributed by atoms with Crippen LogP contribution in [0.3, 0.4) is 0 Å². The van der Waals surface area contributed by atoms with Crippen LogP contribution in [0, 0.1) is 0 Å². The first kappa shape index (κ1) is 13.3. The number of furan rings is 1. The molecule has 1 amide bonds. The summed E-state index contributed by atoms with van der Waals surface area (Å²) in [5, 5.41) is 0. The number of hydrogen-bond donors (Lipinski definition) is 0. The highest BCUT2D eigenvalue weighted by Crippen LogP contribution is 2.10. The summed E-state index contributed by atoms with van der Waals surface area (Å²) >= 11 is 0. The molecule has 2 heterocycles. The molecule has 19 heavy (non-hydrogen) atoms. The van der Waals surface area contributed by atoms with Gasteiger partial charge in [-0.15, -0.1) is 0 Å². The number of carbonyl (C=O) groups excluding carboxylic acids is 1. The first-order valence-corrected chi connectivity index (χ1v) is 6.39. The quantitative estimate of drug-likeness (QED) is 0.799. The van der Waals surface area contributed by atoms with Gasteiger partial charge in [0.15, 0.2) is 0 Å². The summed E-state index contributed by atoms with van der Waals surface area (Å²) in [5.41, 5.74) is 0.366. The molecule has 5 nitrogen and oxygen atoms in total. The summed E-state index contributed by atoms with van der Waals surface area (Å²) in [7, 11) is 0. The van der Waals surface area contributed by atoms with Gasteiger partial charge in [0.25, 0.3) is 5.91 Å². The molecule has 5 heteroatoms. The lowest BCUT2D eigenvalue weighted by atomic mass is 10.2. The Hall–Kier alpha value is -2.17. The molecule has 100 valence electrons. The maximum Gasteiger partial charge on any atom is 0.274 e. The van der Waals surface area contributed by atoms with Crippen molar-refractivity contribution in [3.8, 4) is 0 Å². The Morgan fingerprint density at radius 2 is 2.32 bits per heavy atom. The molecular formula is C14H17N3O2. The molecule has 0 unspecified atom stereocenters. The summed E-state index contributed by atoms with van der Waals surface area (Å²) in [6.07, 6.45) is 8.16. The molecule has 0 bridgehead atoms. The van der Waals surface area contributed by atoms with E-state index in [9.17, 15) is 4.79 Å². The standard InChI is InChI=1S/C14H17N3O2/c1-2-3-8-17(11-12-5-4-9-19-12)14(18)13-10-15-6-7-16-13/h4-7,9-10H,2-3,8,11H2,1H3.